The average Bonchev–Trinajstić information content (AvgIpc) is 2.45. The second-order valence-electron chi connectivity index (χ2n) is 6.45. The minimum atomic E-state index is -0.408. The highest BCUT2D eigenvalue weighted by atomic mass is 16.5. The molecule has 1 aliphatic carbocycles. The van der Waals surface area contributed by atoms with Crippen LogP contribution in [0.5, 0.6) is 5.75 Å². The number of Topliss-reactive ketones (excluding diaryl/α,β-unsaturated/α-hetero) is 1. The van der Waals surface area contributed by atoms with Crippen molar-refractivity contribution in [2.75, 3.05) is 7.11 Å². The summed E-state index contributed by atoms with van der Waals surface area (Å²) in [5.74, 6) is 1.25. The van der Waals surface area contributed by atoms with Crippen molar-refractivity contribution in [2.45, 2.75) is 26.7 Å². The molecule has 0 unspecified atom stereocenters. The molecule has 4 nitrogen and oxygen atoms in total. The number of carbonyl (C=O) groups excluding carboxylic acids is 1. The normalized spacial score (nSPS) is 16.2. The Hall–Kier alpha value is -2.36. The van der Waals surface area contributed by atoms with Gasteiger partial charge in [-0.1, -0.05) is 26.0 Å². The molecule has 0 saturated heterocycles. The summed E-state index contributed by atoms with van der Waals surface area (Å²) >= 11 is 0. The van der Waals surface area contributed by atoms with Crippen molar-refractivity contribution < 1.29 is 13.9 Å². The molecule has 22 heavy (non-hydrogen) atoms. The van der Waals surface area contributed by atoms with Crippen LogP contribution in [-0.2, 0) is 6.42 Å². The van der Waals surface area contributed by atoms with E-state index in [9.17, 15) is 9.59 Å². The van der Waals surface area contributed by atoms with Crippen molar-refractivity contribution in [3.8, 4) is 16.9 Å². The van der Waals surface area contributed by atoms with Crippen LogP contribution >= 0.6 is 0 Å². The zero-order chi connectivity index (χ0) is 15.9. The molecule has 114 valence electrons. The number of rotatable bonds is 2. The van der Waals surface area contributed by atoms with Gasteiger partial charge in [-0.25, -0.2) is 4.79 Å². The lowest BCUT2D eigenvalue weighted by Crippen LogP contribution is -2.28. The molecule has 1 aliphatic rings. The average molecular weight is 298 g/mol. The van der Waals surface area contributed by atoms with E-state index in [0.29, 0.717) is 35.5 Å². The first-order valence-electron chi connectivity index (χ1n) is 7.24. The summed E-state index contributed by atoms with van der Waals surface area (Å²) < 4.78 is 10.6. The van der Waals surface area contributed by atoms with Crippen molar-refractivity contribution in [2.24, 2.45) is 5.41 Å². The van der Waals surface area contributed by atoms with Crippen LogP contribution in [0.2, 0.25) is 0 Å². The van der Waals surface area contributed by atoms with Gasteiger partial charge in [0, 0.05) is 12.8 Å². The van der Waals surface area contributed by atoms with E-state index in [-0.39, 0.29) is 11.2 Å². The fraction of sp³-hybridized carbons (Fsp3) is 0.333. The van der Waals surface area contributed by atoms with Gasteiger partial charge >= 0.3 is 5.63 Å². The largest absolute Gasteiger partial charge is 0.497 e. The molecule has 1 heterocycles. The maximum absolute atomic E-state index is 12.3. The van der Waals surface area contributed by atoms with Crippen LogP contribution in [0.15, 0.2) is 39.5 Å². The molecule has 0 radical (unpaired) electrons. The summed E-state index contributed by atoms with van der Waals surface area (Å²) in [6, 6.07) is 8.79. The summed E-state index contributed by atoms with van der Waals surface area (Å²) in [4.78, 5) is 24.6. The van der Waals surface area contributed by atoms with Gasteiger partial charge in [-0.15, -0.1) is 0 Å². The highest BCUT2D eigenvalue weighted by Gasteiger charge is 2.33. The van der Waals surface area contributed by atoms with E-state index in [1.54, 1.807) is 37.4 Å². The summed E-state index contributed by atoms with van der Waals surface area (Å²) in [5, 5.41) is 0. The number of ketones is 1. The van der Waals surface area contributed by atoms with E-state index in [4.69, 9.17) is 9.15 Å². The Morgan fingerprint density at radius 1 is 1.05 bits per heavy atom. The predicted molar refractivity (Wildman–Crippen MR) is 83.4 cm³/mol. The van der Waals surface area contributed by atoms with E-state index in [1.807, 2.05) is 13.8 Å². The Kier molecular flexibility index (Phi) is 3.39. The van der Waals surface area contributed by atoms with Gasteiger partial charge in [-0.2, -0.15) is 0 Å². The van der Waals surface area contributed by atoms with Gasteiger partial charge in [-0.05, 0) is 29.2 Å². The molecule has 4 heteroatoms. The second-order valence-corrected chi connectivity index (χ2v) is 6.45. The quantitative estimate of drug-likeness (QED) is 0.852. The highest BCUT2D eigenvalue weighted by molar-refractivity contribution is 5.99. The predicted octanol–water partition coefficient (Wildman–Crippen LogP) is 3.47. The topological polar surface area (TPSA) is 56.5 Å². The Morgan fingerprint density at radius 2 is 1.73 bits per heavy atom. The number of methoxy groups -OCH3 is 1. The van der Waals surface area contributed by atoms with Gasteiger partial charge in [0.25, 0.3) is 0 Å². The van der Waals surface area contributed by atoms with Crippen molar-refractivity contribution in [1.29, 1.82) is 0 Å². The Morgan fingerprint density at radius 3 is 2.36 bits per heavy atom. The first-order chi connectivity index (χ1) is 10.4. The van der Waals surface area contributed by atoms with Crippen molar-refractivity contribution >= 4 is 5.78 Å². The van der Waals surface area contributed by atoms with Crippen LogP contribution in [-0.4, -0.2) is 12.9 Å². The molecule has 0 saturated carbocycles. The summed E-state index contributed by atoms with van der Waals surface area (Å²) in [6.45, 7) is 4.01. The fourth-order valence-corrected chi connectivity index (χ4v) is 2.87. The van der Waals surface area contributed by atoms with Gasteiger partial charge < -0.3 is 9.15 Å². The summed E-state index contributed by atoms with van der Waals surface area (Å²) in [5.41, 5.74) is 1.09. The molecular formula is C18H18O4. The molecule has 0 atom stereocenters. The second kappa shape index (κ2) is 5.13. The van der Waals surface area contributed by atoms with E-state index < -0.39 is 5.63 Å². The third-order valence-electron chi connectivity index (χ3n) is 4.00. The molecule has 0 bridgehead atoms. The molecule has 0 spiro atoms. The molecule has 0 aliphatic heterocycles. The Balaban J connectivity index is 2.09. The zero-order valence-corrected chi connectivity index (χ0v) is 12.9. The first kappa shape index (κ1) is 14.6. The molecular weight excluding hydrogens is 280 g/mol. The first-order valence-corrected chi connectivity index (χ1v) is 7.24. The molecule has 1 aromatic heterocycles. The summed E-state index contributed by atoms with van der Waals surface area (Å²) in [7, 11) is 1.59. The number of hydrogen-bond donors (Lipinski definition) is 0. The minimum absolute atomic E-state index is 0.0322. The minimum Gasteiger partial charge on any atom is -0.497 e. The van der Waals surface area contributed by atoms with Gasteiger partial charge in [0.1, 0.15) is 11.5 Å². The Labute approximate surface area is 128 Å². The maximum atomic E-state index is 12.3. The maximum Gasteiger partial charge on any atom is 0.343 e. The van der Waals surface area contributed by atoms with Crippen molar-refractivity contribution in [3.05, 3.63) is 52.1 Å². The van der Waals surface area contributed by atoms with Crippen LogP contribution < -0.4 is 10.4 Å². The van der Waals surface area contributed by atoms with Gasteiger partial charge in [0.05, 0.1) is 18.2 Å². The lowest BCUT2D eigenvalue weighted by molar-refractivity contribution is 0.0898. The number of ether oxygens (including phenoxy) is 1. The SMILES string of the molecule is COc1ccc(-c2cc3c(oc2=O)CC(C)(C)CC3=O)cc1. The Bertz CT molecular complexity index is 782. The van der Waals surface area contributed by atoms with Crippen LogP contribution in [0.1, 0.15) is 36.4 Å². The van der Waals surface area contributed by atoms with Gasteiger partial charge in [0.2, 0.25) is 0 Å². The number of carbonyl (C=O) groups is 1. The lowest BCUT2D eigenvalue weighted by atomic mass is 9.76. The number of fused-ring (bicyclic) bond motifs is 1. The van der Waals surface area contributed by atoms with Gasteiger partial charge in [-0.3, -0.25) is 4.79 Å². The van der Waals surface area contributed by atoms with Crippen LogP contribution in [0, 0.1) is 5.41 Å². The fourth-order valence-electron chi connectivity index (χ4n) is 2.87. The third kappa shape index (κ3) is 2.56. The van der Waals surface area contributed by atoms with Gasteiger partial charge in [0.15, 0.2) is 5.78 Å². The smallest absolute Gasteiger partial charge is 0.343 e. The van der Waals surface area contributed by atoms with E-state index in [1.165, 1.54) is 0 Å². The molecule has 3 rings (SSSR count). The molecule has 2 aromatic rings. The van der Waals surface area contributed by atoms with E-state index in [2.05, 4.69) is 0 Å². The molecule has 0 N–H and O–H groups in total. The molecule has 1 aromatic carbocycles. The lowest BCUT2D eigenvalue weighted by Gasteiger charge is -2.28. The van der Waals surface area contributed by atoms with Crippen molar-refractivity contribution in [1.82, 2.24) is 0 Å². The van der Waals surface area contributed by atoms with Crippen LogP contribution in [0.3, 0.4) is 0 Å². The monoisotopic (exact) mass is 298 g/mol. The van der Waals surface area contributed by atoms with Crippen LogP contribution in [0.4, 0.5) is 0 Å². The summed E-state index contributed by atoms with van der Waals surface area (Å²) in [6.07, 6.45) is 1.07. The van der Waals surface area contributed by atoms with E-state index in [0.717, 1.165) is 5.56 Å². The number of hydrogen-bond acceptors (Lipinski definition) is 4. The van der Waals surface area contributed by atoms with E-state index >= 15 is 0 Å². The standard InChI is InChI=1S/C18H18O4/c1-18(2)9-15(19)14-8-13(17(20)22-16(14)10-18)11-4-6-12(21-3)7-5-11/h4-8H,9-10H2,1-3H3. The highest BCUT2D eigenvalue weighted by Crippen LogP contribution is 2.35. The zero-order valence-electron chi connectivity index (χ0n) is 12.9. The molecule has 0 amide bonds. The molecule has 0 fully saturated rings. The number of benzene rings is 1. The third-order valence-corrected chi connectivity index (χ3v) is 4.00. The van der Waals surface area contributed by atoms with Crippen molar-refractivity contribution in [3.63, 3.8) is 0 Å². The van der Waals surface area contributed by atoms with Crippen LogP contribution in [0.25, 0.3) is 11.1 Å².